The molecule has 1 amide bonds. The van der Waals surface area contributed by atoms with E-state index < -0.39 is 0 Å². The highest BCUT2D eigenvalue weighted by Crippen LogP contribution is 2.24. The molecular formula is C18H30N4O3. The summed E-state index contributed by atoms with van der Waals surface area (Å²) in [5.41, 5.74) is 0.795. The lowest BCUT2D eigenvalue weighted by Crippen LogP contribution is -2.43. The largest absolute Gasteiger partial charge is 0.396 e. The molecule has 0 saturated carbocycles. The number of aromatic amines is 1. The predicted molar refractivity (Wildman–Crippen MR) is 96.4 cm³/mol. The van der Waals surface area contributed by atoms with Crippen LogP contribution in [0.15, 0.2) is 4.79 Å². The molecule has 7 nitrogen and oxygen atoms in total. The average molecular weight is 350 g/mol. The predicted octanol–water partition coefficient (Wildman–Crippen LogP) is 0.384. The Labute approximate surface area is 148 Å². The summed E-state index contributed by atoms with van der Waals surface area (Å²) in [5, 5.41) is 12.1. The van der Waals surface area contributed by atoms with E-state index in [9.17, 15) is 9.59 Å². The molecule has 1 aromatic heterocycles. The Balaban J connectivity index is 2.02. The first-order valence-corrected chi connectivity index (χ1v) is 9.00. The molecule has 140 valence electrons. The van der Waals surface area contributed by atoms with Crippen LogP contribution in [0.5, 0.6) is 0 Å². The van der Waals surface area contributed by atoms with Crippen LogP contribution in [0, 0.1) is 25.7 Å². The quantitative estimate of drug-likeness (QED) is 0.661. The Morgan fingerprint density at radius 3 is 2.72 bits per heavy atom. The minimum absolute atomic E-state index is 0.0480. The number of carbonyl (C=O) groups excluding carboxylic acids is 1. The van der Waals surface area contributed by atoms with Crippen LogP contribution in [-0.4, -0.2) is 58.2 Å². The third-order valence-corrected chi connectivity index (χ3v) is 4.95. The Morgan fingerprint density at radius 1 is 1.40 bits per heavy atom. The normalized spacial score (nSPS) is 21.0. The summed E-state index contributed by atoms with van der Waals surface area (Å²) >= 11 is 0. The topological polar surface area (TPSA) is 98.3 Å². The van der Waals surface area contributed by atoms with E-state index in [1.54, 1.807) is 13.8 Å². The van der Waals surface area contributed by atoms with Crippen LogP contribution in [-0.2, 0) is 11.2 Å². The number of aryl methyl sites for hydroxylation is 2. The number of amides is 1. The molecule has 0 aliphatic carbocycles. The number of nitrogens with zero attached hydrogens (tertiary/aromatic N) is 2. The van der Waals surface area contributed by atoms with Crippen molar-refractivity contribution in [3.8, 4) is 0 Å². The first kappa shape index (κ1) is 19.6. The third kappa shape index (κ3) is 5.12. The Hall–Kier alpha value is -1.73. The molecule has 1 aliphatic heterocycles. The molecular weight excluding hydrogens is 320 g/mol. The molecule has 1 saturated heterocycles. The number of H-pyrrole nitrogens is 1. The van der Waals surface area contributed by atoms with Gasteiger partial charge in [-0.15, -0.1) is 0 Å². The van der Waals surface area contributed by atoms with Crippen molar-refractivity contribution in [1.29, 1.82) is 0 Å². The minimum Gasteiger partial charge on any atom is -0.396 e. The number of aromatic nitrogens is 2. The molecule has 1 aliphatic rings. The highest BCUT2D eigenvalue weighted by molar-refractivity contribution is 5.79. The van der Waals surface area contributed by atoms with Crippen LogP contribution in [0.25, 0.3) is 0 Å². The van der Waals surface area contributed by atoms with Gasteiger partial charge in [-0.25, -0.2) is 4.98 Å². The van der Waals surface area contributed by atoms with Gasteiger partial charge in [-0.05, 0) is 32.1 Å². The summed E-state index contributed by atoms with van der Waals surface area (Å²) in [7, 11) is 0. The van der Waals surface area contributed by atoms with Gasteiger partial charge in [0.25, 0.3) is 5.56 Å². The highest BCUT2D eigenvalue weighted by atomic mass is 16.3. The number of hydrogen-bond donors (Lipinski definition) is 3. The molecule has 3 N–H and O–H groups in total. The minimum atomic E-state index is -0.239. The Kier molecular flexibility index (Phi) is 6.72. The summed E-state index contributed by atoms with van der Waals surface area (Å²) in [6.45, 7) is 10.6. The van der Waals surface area contributed by atoms with Gasteiger partial charge < -0.3 is 20.3 Å². The van der Waals surface area contributed by atoms with E-state index >= 15 is 0 Å². The number of carbonyl (C=O) groups is 1. The molecule has 25 heavy (non-hydrogen) atoms. The van der Waals surface area contributed by atoms with E-state index in [0.717, 1.165) is 26.1 Å². The zero-order valence-electron chi connectivity index (χ0n) is 15.6. The molecule has 1 fully saturated rings. The standard InChI is InChI=1S/C18H30N4O3/c1-11(2)15-9-22(6-5-7-23)10-16(15)21-17(24)8-14-12(3)19-13(4)20-18(14)25/h11,15-16,23H,5-10H2,1-4H3,(H,21,24)(H,19,20,25)/t15-,16+/m1/s1. The lowest BCUT2D eigenvalue weighted by molar-refractivity contribution is -0.121. The smallest absolute Gasteiger partial charge is 0.254 e. The van der Waals surface area contributed by atoms with Crippen molar-refractivity contribution >= 4 is 5.91 Å². The molecule has 0 bridgehead atoms. The molecule has 2 atom stereocenters. The van der Waals surface area contributed by atoms with Crippen molar-refractivity contribution in [3.05, 3.63) is 27.4 Å². The summed E-state index contributed by atoms with van der Waals surface area (Å²) in [6.07, 6.45) is 0.793. The SMILES string of the molecule is Cc1nc(C)c(CC(=O)N[C@H]2CN(CCCO)C[C@@H]2C(C)C)c(=O)[nH]1. The number of nitrogens with one attached hydrogen (secondary N) is 2. The zero-order chi connectivity index (χ0) is 18.6. The number of hydrogen-bond acceptors (Lipinski definition) is 5. The number of rotatable bonds is 7. The van der Waals surface area contributed by atoms with Crippen molar-refractivity contribution in [1.82, 2.24) is 20.2 Å². The van der Waals surface area contributed by atoms with Gasteiger partial charge in [0.05, 0.1) is 6.42 Å². The van der Waals surface area contributed by atoms with E-state index in [1.165, 1.54) is 0 Å². The van der Waals surface area contributed by atoms with E-state index in [2.05, 4.69) is 34.0 Å². The van der Waals surface area contributed by atoms with Crippen molar-refractivity contribution in [2.45, 2.75) is 46.6 Å². The molecule has 0 aromatic carbocycles. The van der Waals surface area contributed by atoms with Gasteiger partial charge in [0.15, 0.2) is 0 Å². The summed E-state index contributed by atoms with van der Waals surface area (Å²) in [5.74, 6) is 1.24. The maximum absolute atomic E-state index is 12.5. The Bertz CT molecular complexity index is 656. The van der Waals surface area contributed by atoms with Gasteiger partial charge in [0.2, 0.25) is 5.91 Å². The van der Waals surface area contributed by atoms with Gasteiger partial charge >= 0.3 is 0 Å². The van der Waals surface area contributed by atoms with Gasteiger partial charge in [0.1, 0.15) is 5.82 Å². The maximum Gasteiger partial charge on any atom is 0.254 e. The number of aliphatic hydroxyl groups excluding tert-OH is 1. The van der Waals surface area contributed by atoms with Crippen molar-refractivity contribution in [3.63, 3.8) is 0 Å². The first-order chi connectivity index (χ1) is 11.8. The van der Waals surface area contributed by atoms with E-state index in [4.69, 9.17) is 5.11 Å². The molecule has 7 heteroatoms. The monoisotopic (exact) mass is 350 g/mol. The van der Waals surface area contributed by atoms with Crippen molar-refractivity contribution < 1.29 is 9.90 Å². The fourth-order valence-electron chi connectivity index (χ4n) is 3.60. The first-order valence-electron chi connectivity index (χ1n) is 9.00. The fourth-order valence-corrected chi connectivity index (χ4v) is 3.60. The third-order valence-electron chi connectivity index (χ3n) is 4.95. The molecule has 1 aromatic rings. The molecule has 0 spiro atoms. The summed E-state index contributed by atoms with van der Waals surface area (Å²) < 4.78 is 0. The molecule has 0 unspecified atom stereocenters. The fraction of sp³-hybridized carbons (Fsp3) is 0.722. The van der Waals surface area contributed by atoms with Crippen LogP contribution >= 0.6 is 0 Å². The molecule has 2 rings (SSSR count). The molecule has 2 heterocycles. The number of aliphatic hydroxyl groups is 1. The van der Waals surface area contributed by atoms with Gasteiger partial charge in [-0.1, -0.05) is 13.8 Å². The van der Waals surface area contributed by atoms with Gasteiger partial charge in [-0.2, -0.15) is 0 Å². The second-order valence-electron chi connectivity index (χ2n) is 7.31. The van der Waals surface area contributed by atoms with E-state index in [1.807, 2.05) is 0 Å². The van der Waals surface area contributed by atoms with E-state index in [0.29, 0.717) is 28.9 Å². The zero-order valence-corrected chi connectivity index (χ0v) is 15.6. The van der Waals surface area contributed by atoms with Gasteiger partial charge in [-0.3, -0.25) is 9.59 Å². The second kappa shape index (κ2) is 8.58. The second-order valence-corrected chi connectivity index (χ2v) is 7.31. The maximum atomic E-state index is 12.5. The Morgan fingerprint density at radius 2 is 2.12 bits per heavy atom. The lowest BCUT2D eigenvalue weighted by atomic mass is 9.91. The highest BCUT2D eigenvalue weighted by Gasteiger charge is 2.35. The van der Waals surface area contributed by atoms with Crippen LogP contribution < -0.4 is 10.9 Å². The van der Waals surface area contributed by atoms with Crippen molar-refractivity contribution in [2.75, 3.05) is 26.2 Å². The van der Waals surface area contributed by atoms with Gasteiger partial charge in [0, 0.05) is 43.5 Å². The molecule has 0 radical (unpaired) electrons. The van der Waals surface area contributed by atoms with Crippen LogP contribution in [0.4, 0.5) is 0 Å². The van der Waals surface area contributed by atoms with Crippen molar-refractivity contribution in [2.24, 2.45) is 11.8 Å². The summed E-state index contributed by atoms with van der Waals surface area (Å²) in [6, 6.07) is 0.0731. The van der Waals surface area contributed by atoms with E-state index in [-0.39, 0.29) is 30.5 Å². The average Bonchev–Trinajstić information content (AvgIpc) is 2.91. The number of likely N-dealkylation sites (tertiary alicyclic amines) is 1. The lowest BCUT2D eigenvalue weighted by Gasteiger charge is -2.23. The van der Waals surface area contributed by atoms with Crippen LogP contribution in [0.1, 0.15) is 37.4 Å². The van der Waals surface area contributed by atoms with Crippen LogP contribution in [0.3, 0.4) is 0 Å². The van der Waals surface area contributed by atoms with Crippen LogP contribution in [0.2, 0.25) is 0 Å². The summed E-state index contributed by atoms with van der Waals surface area (Å²) in [4.78, 5) is 33.8.